The number of nitrogens with zero attached hydrogens (tertiary/aromatic N) is 6. The average Bonchev–Trinajstić information content (AvgIpc) is 3.41. The Balaban J connectivity index is 1.41. The number of piperazine rings is 1. The van der Waals surface area contributed by atoms with E-state index in [1.165, 1.54) is 36.1 Å². The van der Waals surface area contributed by atoms with E-state index in [1.54, 1.807) is 0 Å². The van der Waals surface area contributed by atoms with Gasteiger partial charge in [0.25, 0.3) is 5.56 Å². The Morgan fingerprint density at radius 3 is 2.41 bits per heavy atom. The summed E-state index contributed by atoms with van der Waals surface area (Å²) in [7, 11) is 0. The lowest BCUT2D eigenvalue weighted by molar-refractivity contribution is 0.192. The number of anilines is 1. The summed E-state index contributed by atoms with van der Waals surface area (Å²) in [5.74, 6) is 0.786. The van der Waals surface area contributed by atoms with Gasteiger partial charge in [0.05, 0.1) is 6.04 Å². The molecule has 8 heteroatoms. The van der Waals surface area contributed by atoms with Gasteiger partial charge in [-0.2, -0.15) is 0 Å². The molecule has 0 spiro atoms. The summed E-state index contributed by atoms with van der Waals surface area (Å²) in [4.78, 5) is 21.6. The second kappa shape index (κ2) is 10.1. The third-order valence-corrected chi connectivity index (χ3v) is 8.27. The first-order valence-corrected chi connectivity index (χ1v) is 13.5. The SMILES string of the molecule is Cc1cc2cc([C@H](c3nnnn3C3CCCCC3)N3CCN(c4ccccc4)CC3)c(=O)[nH]c2cc1C. The molecule has 1 atom stereocenters. The van der Waals surface area contributed by atoms with Crippen molar-refractivity contribution in [2.75, 3.05) is 31.1 Å². The number of hydrogen-bond donors (Lipinski definition) is 1. The lowest BCUT2D eigenvalue weighted by atomic mass is 9.95. The molecule has 8 nitrogen and oxygen atoms in total. The van der Waals surface area contributed by atoms with E-state index < -0.39 is 0 Å². The molecular formula is C29H35N7O. The highest BCUT2D eigenvalue weighted by Crippen LogP contribution is 2.34. The van der Waals surface area contributed by atoms with Gasteiger partial charge in [-0.3, -0.25) is 9.69 Å². The number of nitrogens with one attached hydrogen (secondary N) is 1. The number of aromatic nitrogens is 5. The molecule has 0 amide bonds. The van der Waals surface area contributed by atoms with Crippen LogP contribution in [0, 0.1) is 13.8 Å². The van der Waals surface area contributed by atoms with Crippen LogP contribution < -0.4 is 10.5 Å². The zero-order valence-corrected chi connectivity index (χ0v) is 21.7. The fourth-order valence-electron chi connectivity index (χ4n) is 6.04. The Morgan fingerprint density at radius 2 is 1.65 bits per heavy atom. The molecule has 37 heavy (non-hydrogen) atoms. The highest BCUT2D eigenvalue weighted by Gasteiger charge is 2.34. The summed E-state index contributed by atoms with van der Waals surface area (Å²) in [6.45, 7) is 7.60. The van der Waals surface area contributed by atoms with E-state index in [2.05, 4.69) is 92.7 Å². The van der Waals surface area contributed by atoms with E-state index in [0.717, 1.165) is 61.3 Å². The standard InChI is InChI=1S/C29H35N7O/c1-20-17-22-19-25(29(37)30-26(22)18-21(20)2)27(28-31-32-33-36(28)24-11-7-4-8-12-24)35-15-13-34(14-16-35)23-9-5-3-6-10-23/h3,5-6,9-10,17-19,24,27H,4,7-8,11-16H2,1-2H3,(H,30,37)/t27-/m1/s1. The Kier molecular flexibility index (Phi) is 6.50. The molecule has 0 unspecified atom stereocenters. The van der Waals surface area contributed by atoms with Crippen molar-refractivity contribution in [3.8, 4) is 0 Å². The zero-order chi connectivity index (χ0) is 25.4. The van der Waals surface area contributed by atoms with Gasteiger partial charge >= 0.3 is 0 Å². The lowest BCUT2D eigenvalue weighted by Crippen LogP contribution is -2.49. The van der Waals surface area contributed by atoms with E-state index in [-0.39, 0.29) is 17.6 Å². The zero-order valence-electron chi connectivity index (χ0n) is 21.7. The van der Waals surface area contributed by atoms with Crippen molar-refractivity contribution in [1.29, 1.82) is 0 Å². The maximum Gasteiger partial charge on any atom is 0.253 e. The molecule has 1 saturated heterocycles. The average molecular weight is 498 g/mol. The summed E-state index contributed by atoms with van der Waals surface area (Å²) in [6, 6.07) is 16.8. The van der Waals surface area contributed by atoms with E-state index in [1.807, 2.05) is 4.68 Å². The normalized spacial score (nSPS) is 18.4. The van der Waals surface area contributed by atoms with Gasteiger partial charge < -0.3 is 9.88 Å². The third kappa shape index (κ3) is 4.66. The van der Waals surface area contributed by atoms with Gasteiger partial charge in [-0.25, -0.2) is 4.68 Å². The summed E-state index contributed by atoms with van der Waals surface area (Å²) in [5, 5.41) is 14.2. The summed E-state index contributed by atoms with van der Waals surface area (Å²) >= 11 is 0. The van der Waals surface area contributed by atoms with Crippen molar-refractivity contribution >= 4 is 16.6 Å². The van der Waals surface area contributed by atoms with Crippen LogP contribution in [0.3, 0.4) is 0 Å². The van der Waals surface area contributed by atoms with E-state index in [4.69, 9.17) is 0 Å². The first-order valence-electron chi connectivity index (χ1n) is 13.5. The minimum Gasteiger partial charge on any atom is -0.369 e. The fourth-order valence-corrected chi connectivity index (χ4v) is 6.04. The van der Waals surface area contributed by atoms with Crippen molar-refractivity contribution in [3.05, 3.63) is 81.4 Å². The molecule has 6 rings (SSSR count). The molecule has 4 aromatic rings. The highest BCUT2D eigenvalue weighted by molar-refractivity contribution is 5.81. The Labute approximate surface area is 217 Å². The van der Waals surface area contributed by atoms with Gasteiger partial charge in [-0.05, 0) is 84.0 Å². The highest BCUT2D eigenvalue weighted by atomic mass is 16.1. The number of pyridine rings is 1. The van der Waals surface area contributed by atoms with Gasteiger partial charge in [0.2, 0.25) is 0 Å². The number of aryl methyl sites for hydroxylation is 2. The molecule has 0 bridgehead atoms. The molecule has 2 aromatic heterocycles. The Morgan fingerprint density at radius 1 is 0.919 bits per heavy atom. The molecule has 1 aliphatic carbocycles. The second-order valence-electron chi connectivity index (χ2n) is 10.6. The molecule has 3 heterocycles. The Bertz CT molecular complexity index is 1430. The maximum absolute atomic E-state index is 13.6. The van der Waals surface area contributed by atoms with Gasteiger partial charge in [-0.1, -0.05) is 37.5 Å². The van der Waals surface area contributed by atoms with Crippen LogP contribution in [0.1, 0.15) is 66.7 Å². The van der Waals surface area contributed by atoms with E-state index in [0.29, 0.717) is 0 Å². The van der Waals surface area contributed by atoms with E-state index in [9.17, 15) is 4.79 Å². The monoisotopic (exact) mass is 497 g/mol. The number of H-pyrrole nitrogens is 1. The molecule has 1 saturated carbocycles. The van der Waals surface area contributed by atoms with Crippen molar-refractivity contribution in [2.45, 2.75) is 58.0 Å². The molecule has 192 valence electrons. The second-order valence-corrected chi connectivity index (χ2v) is 10.6. The number of tetrazole rings is 1. The van der Waals surface area contributed by atoms with Crippen LogP contribution >= 0.6 is 0 Å². The van der Waals surface area contributed by atoms with Crippen molar-refractivity contribution in [2.24, 2.45) is 0 Å². The van der Waals surface area contributed by atoms with Crippen LogP contribution in [0.15, 0.2) is 53.3 Å². The van der Waals surface area contributed by atoms with Gasteiger partial charge in [0, 0.05) is 42.9 Å². The predicted octanol–water partition coefficient (Wildman–Crippen LogP) is 4.55. The summed E-state index contributed by atoms with van der Waals surface area (Å²) < 4.78 is 2.03. The van der Waals surface area contributed by atoms with Crippen LogP contribution in [-0.2, 0) is 0 Å². The Hall–Kier alpha value is -3.52. The maximum atomic E-state index is 13.6. The first kappa shape index (κ1) is 23.9. The molecule has 2 aromatic carbocycles. The van der Waals surface area contributed by atoms with Crippen LogP contribution in [0.5, 0.6) is 0 Å². The van der Waals surface area contributed by atoms with Crippen molar-refractivity contribution < 1.29 is 0 Å². The molecule has 1 N–H and O–H groups in total. The van der Waals surface area contributed by atoms with Crippen LogP contribution in [0.2, 0.25) is 0 Å². The number of benzene rings is 2. The van der Waals surface area contributed by atoms with Gasteiger partial charge in [0.15, 0.2) is 5.82 Å². The molecule has 2 fully saturated rings. The number of hydrogen-bond acceptors (Lipinski definition) is 6. The molecule has 1 aliphatic heterocycles. The third-order valence-electron chi connectivity index (χ3n) is 8.27. The van der Waals surface area contributed by atoms with Crippen LogP contribution in [0.25, 0.3) is 10.9 Å². The summed E-state index contributed by atoms with van der Waals surface area (Å²) in [6.07, 6.45) is 5.82. The van der Waals surface area contributed by atoms with E-state index >= 15 is 0 Å². The minimum atomic E-state index is -0.301. The predicted molar refractivity (Wildman–Crippen MR) is 146 cm³/mol. The minimum absolute atomic E-state index is 0.0653. The quantitative estimate of drug-likeness (QED) is 0.436. The largest absolute Gasteiger partial charge is 0.369 e. The van der Waals surface area contributed by atoms with Gasteiger partial charge in [-0.15, -0.1) is 5.10 Å². The van der Waals surface area contributed by atoms with Gasteiger partial charge in [0.1, 0.15) is 6.04 Å². The lowest BCUT2D eigenvalue weighted by Gasteiger charge is -2.40. The number of fused-ring (bicyclic) bond motifs is 1. The molecular weight excluding hydrogens is 462 g/mol. The molecule has 2 aliphatic rings. The topological polar surface area (TPSA) is 82.9 Å². The van der Waals surface area contributed by atoms with Crippen molar-refractivity contribution in [1.82, 2.24) is 30.1 Å². The number of aromatic amines is 1. The molecule has 0 radical (unpaired) electrons. The van der Waals surface area contributed by atoms with Crippen molar-refractivity contribution in [3.63, 3.8) is 0 Å². The van der Waals surface area contributed by atoms with Crippen LogP contribution in [0.4, 0.5) is 5.69 Å². The first-order chi connectivity index (χ1) is 18.1. The number of para-hydroxylation sites is 1. The summed E-state index contributed by atoms with van der Waals surface area (Å²) in [5.41, 5.74) is 5.15. The smallest absolute Gasteiger partial charge is 0.253 e. The van der Waals surface area contributed by atoms with Crippen LogP contribution in [-0.4, -0.2) is 56.3 Å². The fraction of sp³-hybridized carbons (Fsp3) is 0.448. The number of rotatable bonds is 5.